The molecule has 1 aromatic carbocycles. The van der Waals surface area contributed by atoms with Crippen LogP contribution in [0.3, 0.4) is 0 Å². The first-order valence-corrected chi connectivity index (χ1v) is 9.14. The molecule has 6 heteroatoms. The summed E-state index contributed by atoms with van der Waals surface area (Å²) in [6.45, 7) is 1.19. The zero-order valence-electron chi connectivity index (χ0n) is 14.9. The number of hydrogen-bond acceptors (Lipinski definition) is 4. The molecule has 1 fully saturated rings. The van der Waals surface area contributed by atoms with Crippen LogP contribution < -0.4 is 5.43 Å². The van der Waals surface area contributed by atoms with E-state index in [1.165, 1.54) is 0 Å². The maximum Gasteiger partial charge on any atom is 0.266 e. The Hall–Kier alpha value is -2.96. The van der Waals surface area contributed by atoms with Crippen molar-refractivity contribution < 1.29 is 9.90 Å². The fourth-order valence-electron chi connectivity index (χ4n) is 3.41. The Morgan fingerprint density at radius 1 is 1.26 bits per heavy atom. The molecule has 0 bridgehead atoms. The molecular formula is C21H22N4O2. The fraction of sp³-hybridized carbons (Fsp3) is 0.238. The van der Waals surface area contributed by atoms with Gasteiger partial charge in [-0.1, -0.05) is 30.3 Å². The van der Waals surface area contributed by atoms with Crippen LogP contribution in [0.5, 0.6) is 0 Å². The summed E-state index contributed by atoms with van der Waals surface area (Å²) in [5, 5.41) is 12.6. The van der Waals surface area contributed by atoms with Gasteiger partial charge in [-0.05, 0) is 36.6 Å². The monoisotopic (exact) mass is 362 g/mol. The molecule has 3 aromatic rings. The summed E-state index contributed by atoms with van der Waals surface area (Å²) in [7, 11) is 0. The summed E-state index contributed by atoms with van der Waals surface area (Å²) in [5.74, 6) is -0.187. The molecule has 4 rings (SSSR count). The van der Waals surface area contributed by atoms with E-state index in [2.05, 4.69) is 15.4 Å². The van der Waals surface area contributed by atoms with Crippen molar-refractivity contribution in [1.29, 1.82) is 0 Å². The number of carbonyl (C=O) groups excluding carboxylic acids is 1. The molecule has 3 N–H and O–H groups in total. The van der Waals surface area contributed by atoms with Crippen LogP contribution in [0.15, 0.2) is 54.9 Å². The molecule has 1 atom stereocenters. The van der Waals surface area contributed by atoms with Gasteiger partial charge in [0.1, 0.15) is 5.65 Å². The van der Waals surface area contributed by atoms with E-state index in [0.29, 0.717) is 12.1 Å². The van der Waals surface area contributed by atoms with Gasteiger partial charge in [0.15, 0.2) is 0 Å². The number of aliphatic hydroxyl groups is 1. The number of amides is 1. The van der Waals surface area contributed by atoms with E-state index in [1.54, 1.807) is 11.2 Å². The van der Waals surface area contributed by atoms with Crippen LogP contribution in [0.1, 0.15) is 24.0 Å². The van der Waals surface area contributed by atoms with Crippen LogP contribution in [-0.2, 0) is 4.79 Å². The molecule has 6 nitrogen and oxygen atoms in total. The lowest BCUT2D eigenvalue weighted by Gasteiger charge is -2.30. The second kappa shape index (κ2) is 7.73. The zero-order valence-corrected chi connectivity index (χ0v) is 14.9. The highest BCUT2D eigenvalue weighted by Crippen LogP contribution is 2.23. The minimum Gasteiger partial charge on any atom is -0.392 e. The molecule has 0 aliphatic carbocycles. The third-order valence-electron chi connectivity index (χ3n) is 4.77. The molecule has 3 heterocycles. The number of nitrogens with one attached hydrogen (secondary N) is 2. The van der Waals surface area contributed by atoms with Gasteiger partial charge >= 0.3 is 0 Å². The molecule has 1 amide bonds. The number of β-amino-alcohol motifs (C(OH)–C–C–N with tert-alkyl or cyclic N) is 1. The van der Waals surface area contributed by atoms with Gasteiger partial charge < -0.3 is 10.1 Å². The molecule has 138 valence electrons. The number of benzene rings is 1. The van der Waals surface area contributed by atoms with E-state index in [1.807, 2.05) is 54.7 Å². The molecule has 1 unspecified atom stereocenters. The number of fused-ring (bicyclic) bond motifs is 1. The maximum absolute atomic E-state index is 13.1. The molecule has 27 heavy (non-hydrogen) atoms. The van der Waals surface area contributed by atoms with Crippen molar-refractivity contribution in [2.24, 2.45) is 0 Å². The first-order chi connectivity index (χ1) is 13.2. The quantitative estimate of drug-likeness (QED) is 0.623. The first kappa shape index (κ1) is 17.5. The third-order valence-corrected chi connectivity index (χ3v) is 4.77. The van der Waals surface area contributed by atoms with Crippen LogP contribution in [0.4, 0.5) is 0 Å². The van der Waals surface area contributed by atoms with E-state index in [0.717, 1.165) is 41.5 Å². The average Bonchev–Trinajstić information content (AvgIpc) is 3.10. The number of piperidine rings is 1. The lowest BCUT2D eigenvalue weighted by molar-refractivity contribution is -0.121. The third kappa shape index (κ3) is 3.92. The standard InChI is InChI=1S/C21H22N4O2/c26-17-8-5-11-25(14-17)24-21(27)19(15-6-2-1-3-7-15)12-16-13-23-20-18(16)9-4-10-22-20/h1-4,6-7,9-10,12-13,17,26H,5,8,11,14H2,(H,22,23)(H,24,27). The van der Waals surface area contributed by atoms with Gasteiger partial charge in [-0.3, -0.25) is 10.2 Å². The number of pyridine rings is 1. The van der Waals surface area contributed by atoms with Gasteiger partial charge in [-0.2, -0.15) is 0 Å². The highest BCUT2D eigenvalue weighted by atomic mass is 16.3. The van der Waals surface area contributed by atoms with Crippen LogP contribution in [0, 0.1) is 0 Å². The van der Waals surface area contributed by atoms with Gasteiger partial charge in [0.2, 0.25) is 0 Å². The highest BCUT2D eigenvalue weighted by Gasteiger charge is 2.21. The van der Waals surface area contributed by atoms with Crippen LogP contribution >= 0.6 is 0 Å². The Morgan fingerprint density at radius 2 is 2.11 bits per heavy atom. The van der Waals surface area contributed by atoms with Gasteiger partial charge in [0, 0.05) is 42.0 Å². The fourth-order valence-corrected chi connectivity index (χ4v) is 3.41. The molecule has 0 radical (unpaired) electrons. The summed E-state index contributed by atoms with van der Waals surface area (Å²) < 4.78 is 0. The van der Waals surface area contributed by atoms with Crippen molar-refractivity contribution in [2.75, 3.05) is 13.1 Å². The van der Waals surface area contributed by atoms with Crippen LogP contribution in [-0.4, -0.2) is 45.2 Å². The minimum absolute atomic E-state index is 0.187. The Morgan fingerprint density at radius 3 is 2.93 bits per heavy atom. The lowest BCUT2D eigenvalue weighted by atomic mass is 10.0. The maximum atomic E-state index is 13.1. The van der Waals surface area contributed by atoms with Crippen molar-refractivity contribution in [1.82, 2.24) is 20.4 Å². The number of aliphatic hydroxyl groups excluding tert-OH is 1. The number of aromatic amines is 1. The van der Waals surface area contributed by atoms with Gasteiger partial charge in [-0.25, -0.2) is 9.99 Å². The van der Waals surface area contributed by atoms with Crippen LogP contribution in [0.2, 0.25) is 0 Å². The number of nitrogens with zero attached hydrogens (tertiary/aromatic N) is 2. The topological polar surface area (TPSA) is 81.3 Å². The van der Waals surface area contributed by atoms with Crippen molar-refractivity contribution in [3.05, 3.63) is 66.0 Å². The van der Waals surface area contributed by atoms with Gasteiger partial charge in [0.25, 0.3) is 5.91 Å². The molecule has 2 aromatic heterocycles. The zero-order chi connectivity index (χ0) is 18.6. The van der Waals surface area contributed by atoms with E-state index in [9.17, 15) is 9.90 Å². The predicted molar refractivity (Wildman–Crippen MR) is 105 cm³/mol. The van der Waals surface area contributed by atoms with E-state index >= 15 is 0 Å². The molecule has 0 saturated carbocycles. The van der Waals surface area contributed by atoms with Crippen molar-refractivity contribution in [3.8, 4) is 0 Å². The number of hydrogen-bond donors (Lipinski definition) is 3. The van der Waals surface area contributed by atoms with Crippen molar-refractivity contribution in [2.45, 2.75) is 18.9 Å². The average molecular weight is 362 g/mol. The number of H-pyrrole nitrogens is 1. The van der Waals surface area contributed by atoms with E-state index in [4.69, 9.17) is 0 Å². The second-order valence-corrected chi connectivity index (χ2v) is 6.75. The summed E-state index contributed by atoms with van der Waals surface area (Å²) >= 11 is 0. The van der Waals surface area contributed by atoms with E-state index < -0.39 is 6.10 Å². The van der Waals surface area contributed by atoms with Gasteiger partial charge in [-0.15, -0.1) is 0 Å². The first-order valence-electron chi connectivity index (χ1n) is 9.14. The summed E-state index contributed by atoms with van der Waals surface area (Å²) in [5.41, 5.74) is 6.05. The summed E-state index contributed by atoms with van der Waals surface area (Å²) in [6, 6.07) is 13.5. The number of carbonyl (C=O) groups is 1. The van der Waals surface area contributed by atoms with Crippen molar-refractivity contribution >= 4 is 28.6 Å². The normalized spacial score (nSPS) is 18.6. The Kier molecular flexibility index (Phi) is 5.00. The molecular weight excluding hydrogens is 340 g/mol. The number of rotatable bonds is 4. The smallest absolute Gasteiger partial charge is 0.266 e. The highest BCUT2D eigenvalue weighted by molar-refractivity contribution is 6.24. The minimum atomic E-state index is -0.400. The molecule has 1 saturated heterocycles. The lowest BCUT2D eigenvalue weighted by Crippen LogP contribution is -2.49. The largest absolute Gasteiger partial charge is 0.392 e. The van der Waals surface area contributed by atoms with Crippen LogP contribution in [0.25, 0.3) is 22.7 Å². The predicted octanol–water partition coefficient (Wildman–Crippen LogP) is 2.59. The van der Waals surface area contributed by atoms with Gasteiger partial charge in [0.05, 0.1) is 6.10 Å². The summed E-state index contributed by atoms with van der Waals surface area (Å²) in [4.78, 5) is 20.5. The second-order valence-electron chi connectivity index (χ2n) is 6.75. The SMILES string of the molecule is O=C(NN1CCCC(O)C1)C(=Cc1c[nH]c2ncccc12)c1ccccc1. The number of hydrazine groups is 1. The van der Waals surface area contributed by atoms with Crippen molar-refractivity contribution in [3.63, 3.8) is 0 Å². The molecule has 1 aliphatic rings. The Labute approximate surface area is 157 Å². The summed E-state index contributed by atoms with van der Waals surface area (Å²) in [6.07, 6.45) is 6.71. The molecule has 1 aliphatic heterocycles. The Balaban J connectivity index is 1.68. The van der Waals surface area contributed by atoms with E-state index in [-0.39, 0.29) is 5.91 Å². The Bertz CT molecular complexity index is 964. The number of aromatic nitrogens is 2. The molecule has 0 spiro atoms.